The Balaban J connectivity index is 1.75. The van der Waals surface area contributed by atoms with E-state index in [0.717, 1.165) is 13.1 Å². The lowest BCUT2D eigenvalue weighted by atomic mass is 10.0. The summed E-state index contributed by atoms with van der Waals surface area (Å²) in [7, 11) is 0. The van der Waals surface area contributed by atoms with E-state index in [2.05, 4.69) is 23.7 Å². The first kappa shape index (κ1) is 16.4. The molecule has 2 fully saturated rings. The van der Waals surface area contributed by atoms with Crippen LogP contribution in [0, 0.1) is 0 Å². The Kier molecular flexibility index (Phi) is 4.94. The van der Waals surface area contributed by atoms with Gasteiger partial charge in [-0.1, -0.05) is 0 Å². The van der Waals surface area contributed by atoms with E-state index >= 15 is 0 Å². The Bertz CT molecular complexity index is 537. The second kappa shape index (κ2) is 6.95. The third-order valence-corrected chi connectivity index (χ3v) is 4.57. The molecule has 0 N–H and O–H groups in total. The molecule has 1 spiro atoms. The van der Waals surface area contributed by atoms with Crippen LogP contribution in [0.3, 0.4) is 0 Å². The lowest BCUT2D eigenvalue weighted by Gasteiger charge is -2.44. The molecule has 23 heavy (non-hydrogen) atoms. The smallest absolute Gasteiger partial charge is 0.254 e. The Morgan fingerprint density at radius 1 is 1.22 bits per heavy atom. The normalized spacial score (nSPS) is 26.5. The van der Waals surface area contributed by atoms with Crippen molar-refractivity contribution in [1.82, 2.24) is 14.8 Å². The molecular weight excluding hydrogens is 294 g/mol. The van der Waals surface area contributed by atoms with Crippen molar-refractivity contribution in [2.24, 2.45) is 0 Å². The van der Waals surface area contributed by atoms with Crippen LogP contribution in [0.1, 0.15) is 24.2 Å². The van der Waals surface area contributed by atoms with Gasteiger partial charge in [0.05, 0.1) is 26.4 Å². The van der Waals surface area contributed by atoms with Crippen molar-refractivity contribution >= 4 is 5.91 Å². The predicted molar refractivity (Wildman–Crippen MR) is 86.4 cm³/mol. The average Bonchev–Trinajstić information content (AvgIpc) is 2.78. The minimum Gasteiger partial charge on any atom is -0.377 e. The summed E-state index contributed by atoms with van der Waals surface area (Å²) < 4.78 is 11.9. The number of amides is 1. The summed E-state index contributed by atoms with van der Waals surface area (Å²) in [6.07, 6.45) is 3.30. The Morgan fingerprint density at radius 2 is 2.00 bits per heavy atom. The molecule has 6 nitrogen and oxygen atoms in total. The van der Waals surface area contributed by atoms with Gasteiger partial charge in [-0.15, -0.1) is 0 Å². The Labute approximate surface area is 137 Å². The van der Waals surface area contributed by atoms with Gasteiger partial charge in [0.2, 0.25) is 0 Å². The minimum atomic E-state index is -0.429. The van der Waals surface area contributed by atoms with Gasteiger partial charge in [-0.25, -0.2) is 0 Å². The molecule has 0 radical (unpaired) electrons. The SMILES string of the molecule is CC(C)N1CCOCC2(CN(C(=O)c3ccncc3)CCO2)C1. The van der Waals surface area contributed by atoms with Gasteiger partial charge in [-0.3, -0.25) is 14.7 Å². The molecule has 1 atom stereocenters. The van der Waals surface area contributed by atoms with E-state index in [1.165, 1.54) is 0 Å². The molecule has 1 aromatic heterocycles. The number of carbonyl (C=O) groups is 1. The highest BCUT2D eigenvalue weighted by molar-refractivity contribution is 5.94. The zero-order chi connectivity index (χ0) is 16.3. The third-order valence-electron chi connectivity index (χ3n) is 4.57. The van der Waals surface area contributed by atoms with Crippen LogP contribution >= 0.6 is 0 Å². The van der Waals surface area contributed by atoms with E-state index in [1.54, 1.807) is 24.5 Å². The standard InChI is InChI=1S/C17H25N3O3/c1-14(2)19-7-9-22-13-17(11-19)12-20(8-10-23-17)16(21)15-3-5-18-6-4-15/h3-6,14H,7-13H2,1-2H3. The predicted octanol–water partition coefficient (Wildman–Crippen LogP) is 1.03. The highest BCUT2D eigenvalue weighted by atomic mass is 16.5. The van der Waals surface area contributed by atoms with Gasteiger partial charge in [0.1, 0.15) is 5.60 Å². The van der Waals surface area contributed by atoms with Crippen LogP contribution in [-0.2, 0) is 9.47 Å². The number of morpholine rings is 1. The quantitative estimate of drug-likeness (QED) is 0.815. The molecule has 3 rings (SSSR count). The van der Waals surface area contributed by atoms with Crippen LogP contribution in [0.15, 0.2) is 24.5 Å². The topological polar surface area (TPSA) is 54.9 Å². The van der Waals surface area contributed by atoms with Crippen LogP contribution in [-0.4, -0.2) is 78.3 Å². The number of nitrogens with zero attached hydrogens (tertiary/aromatic N) is 3. The molecule has 0 bridgehead atoms. The molecule has 0 aromatic carbocycles. The summed E-state index contributed by atoms with van der Waals surface area (Å²) in [6.45, 7) is 9.04. The van der Waals surface area contributed by atoms with Crippen LogP contribution in [0.4, 0.5) is 0 Å². The zero-order valence-electron chi connectivity index (χ0n) is 13.9. The van der Waals surface area contributed by atoms with Crippen molar-refractivity contribution in [3.63, 3.8) is 0 Å². The van der Waals surface area contributed by atoms with E-state index in [1.807, 2.05) is 4.90 Å². The number of hydrogen-bond acceptors (Lipinski definition) is 5. The largest absolute Gasteiger partial charge is 0.377 e. The van der Waals surface area contributed by atoms with Crippen LogP contribution in [0.25, 0.3) is 0 Å². The number of aromatic nitrogens is 1. The molecular formula is C17H25N3O3. The van der Waals surface area contributed by atoms with Crippen molar-refractivity contribution in [1.29, 1.82) is 0 Å². The average molecular weight is 319 g/mol. The lowest BCUT2D eigenvalue weighted by molar-refractivity contribution is -0.134. The van der Waals surface area contributed by atoms with Gasteiger partial charge >= 0.3 is 0 Å². The minimum absolute atomic E-state index is 0.0374. The maximum Gasteiger partial charge on any atom is 0.254 e. The summed E-state index contributed by atoms with van der Waals surface area (Å²) in [4.78, 5) is 20.9. The van der Waals surface area contributed by atoms with Crippen molar-refractivity contribution in [3.05, 3.63) is 30.1 Å². The molecule has 3 heterocycles. The number of hydrogen-bond donors (Lipinski definition) is 0. The number of pyridine rings is 1. The maximum atomic E-state index is 12.7. The monoisotopic (exact) mass is 319 g/mol. The lowest BCUT2D eigenvalue weighted by Crippen LogP contribution is -2.60. The fourth-order valence-electron chi connectivity index (χ4n) is 3.25. The van der Waals surface area contributed by atoms with Gasteiger partial charge in [-0.2, -0.15) is 0 Å². The zero-order valence-corrected chi connectivity index (χ0v) is 13.9. The first-order chi connectivity index (χ1) is 11.1. The molecule has 2 aliphatic heterocycles. The number of ether oxygens (including phenoxy) is 2. The molecule has 1 unspecified atom stereocenters. The van der Waals surface area contributed by atoms with Gasteiger partial charge < -0.3 is 14.4 Å². The van der Waals surface area contributed by atoms with Gasteiger partial charge in [0.25, 0.3) is 5.91 Å². The van der Waals surface area contributed by atoms with Crippen LogP contribution in [0.5, 0.6) is 0 Å². The van der Waals surface area contributed by atoms with Crippen molar-refractivity contribution in [2.75, 3.05) is 46.0 Å². The van der Waals surface area contributed by atoms with Crippen molar-refractivity contribution in [2.45, 2.75) is 25.5 Å². The fraction of sp³-hybridized carbons (Fsp3) is 0.647. The molecule has 2 saturated heterocycles. The molecule has 6 heteroatoms. The summed E-state index contributed by atoms with van der Waals surface area (Å²) in [5.41, 5.74) is 0.245. The highest BCUT2D eigenvalue weighted by Crippen LogP contribution is 2.24. The first-order valence-corrected chi connectivity index (χ1v) is 8.25. The van der Waals surface area contributed by atoms with E-state index in [0.29, 0.717) is 44.5 Å². The Hall–Kier alpha value is -1.50. The first-order valence-electron chi connectivity index (χ1n) is 8.25. The maximum absolute atomic E-state index is 12.7. The number of carbonyl (C=O) groups excluding carboxylic acids is 1. The molecule has 0 aliphatic carbocycles. The fourth-order valence-corrected chi connectivity index (χ4v) is 3.25. The summed E-state index contributed by atoms with van der Waals surface area (Å²) in [5, 5.41) is 0. The third kappa shape index (κ3) is 3.71. The molecule has 1 amide bonds. The van der Waals surface area contributed by atoms with Crippen molar-refractivity contribution < 1.29 is 14.3 Å². The summed E-state index contributed by atoms with van der Waals surface area (Å²) >= 11 is 0. The Morgan fingerprint density at radius 3 is 2.74 bits per heavy atom. The van der Waals surface area contributed by atoms with Crippen LogP contribution in [0.2, 0.25) is 0 Å². The second-order valence-corrected chi connectivity index (χ2v) is 6.61. The van der Waals surface area contributed by atoms with E-state index in [-0.39, 0.29) is 5.91 Å². The molecule has 1 aromatic rings. The van der Waals surface area contributed by atoms with E-state index in [4.69, 9.17) is 9.47 Å². The molecule has 2 aliphatic rings. The number of rotatable bonds is 2. The molecule has 126 valence electrons. The van der Waals surface area contributed by atoms with Crippen molar-refractivity contribution in [3.8, 4) is 0 Å². The van der Waals surface area contributed by atoms with E-state index in [9.17, 15) is 4.79 Å². The van der Waals surface area contributed by atoms with Crippen LogP contribution < -0.4 is 0 Å². The molecule has 0 saturated carbocycles. The summed E-state index contributed by atoms with van der Waals surface area (Å²) in [6, 6.07) is 3.95. The second-order valence-electron chi connectivity index (χ2n) is 6.61. The van der Waals surface area contributed by atoms with Gasteiger partial charge in [0, 0.05) is 43.6 Å². The highest BCUT2D eigenvalue weighted by Gasteiger charge is 2.42. The summed E-state index contributed by atoms with van der Waals surface area (Å²) in [5.74, 6) is 0.0374. The van der Waals surface area contributed by atoms with Gasteiger partial charge in [0.15, 0.2) is 0 Å². The van der Waals surface area contributed by atoms with Gasteiger partial charge in [-0.05, 0) is 26.0 Å². The van der Waals surface area contributed by atoms with E-state index < -0.39 is 5.60 Å².